The fraction of sp³-hybridized carbons (Fsp3) is 0.200. The van der Waals surface area contributed by atoms with E-state index in [0.717, 1.165) is 22.6 Å². The zero-order chi connectivity index (χ0) is 19.9. The molecule has 144 valence electrons. The van der Waals surface area contributed by atoms with Gasteiger partial charge in [-0.2, -0.15) is 0 Å². The first-order valence-corrected chi connectivity index (χ1v) is 9.75. The summed E-state index contributed by atoms with van der Waals surface area (Å²) in [6.07, 6.45) is 0. The molecule has 0 spiro atoms. The number of hydrogen-bond donors (Lipinski definition) is 2. The third kappa shape index (κ3) is 5.20. The number of nitrogens with one attached hydrogen (secondary N) is 2. The van der Waals surface area contributed by atoms with Crippen LogP contribution in [0, 0.1) is 13.8 Å². The van der Waals surface area contributed by atoms with Crippen LogP contribution in [0.1, 0.15) is 17.0 Å². The molecule has 8 heteroatoms. The Labute approximate surface area is 167 Å². The molecule has 3 amide bonds. The fourth-order valence-electron chi connectivity index (χ4n) is 2.62. The highest BCUT2D eigenvalue weighted by Crippen LogP contribution is 2.22. The van der Waals surface area contributed by atoms with Gasteiger partial charge in [0.2, 0.25) is 5.91 Å². The monoisotopic (exact) mass is 395 g/mol. The normalized spacial score (nSPS) is 10.5. The van der Waals surface area contributed by atoms with Crippen molar-refractivity contribution in [2.24, 2.45) is 0 Å². The number of amides is 3. The van der Waals surface area contributed by atoms with Crippen LogP contribution in [-0.2, 0) is 11.3 Å². The molecule has 0 aliphatic heterocycles. The Morgan fingerprint density at radius 3 is 2.57 bits per heavy atom. The van der Waals surface area contributed by atoms with Crippen LogP contribution in [0.4, 0.5) is 4.79 Å². The maximum absolute atomic E-state index is 12.1. The van der Waals surface area contributed by atoms with Gasteiger partial charge in [-0.15, -0.1) is 10.2 Å². The number of carbonyl (C=O) groups is 2. The van der Waals surface area contributed by atoms with E-state index in [1.54, 1.807) is 0 Å². The Kier molecular flexibility index (Phi) is 6.44. The average Bonchev–Trinajstić information content (AvgIpc) is 3.06. The second-order valence-corrected chi connectivity index (χ2v) is 7.15. The van der Waals surface area contributed by atoms with E-state index in [4.69, 9.17) is 0 Å². The van der Waals surface area contributed by atoms with Crippen molar-refractivity contribution >= 4 is 23.7 Å². The molecule has 2 N–H and O–H groups in total. The van der Waals surface area contributed by atoms with Gasteiger partial charge in [0, 0.05) is 12.2 Å². The first-order chi connectivity index (χ1) is 13.5. The molecule has 2 aromatic carbocycles. The Hall–Kier alpha value is -3.13. The number of urea groups is 1. The van der Waals surface area contributed by atoms with E-state index >= 15 is 0 Å². The first kappa shape index (κ1) is 19.6. The van der Waals surface area contributed by atoms with Gasteiger partial charge in [-0.25, -0.2) is 4.79 Å². The summed E-state index contributed by atoms with van der Waals surface area (Å²) in [4.78, 5) is 24.0. The summed E-state index contributed by atoms with van der Waals surface area (Å²) in [5.74, 6) is 0.393. The number of carbonyl (C=O) groups excluding carboxylic acids is 2. The summed E-state index contributed by atoms with van der Waals surface area (Å²) in [6.45, 7) is 4.22. The summed E-state index contributed by atoms with van der Waals surface area (Å²) in [6, 6.07) is 16.9. The van der Waals surface area contributed by atoms with Gasteiger partial charge in [0.25, 0.3) is 0 Å². The molecule has 0 aliphatic carbocycles. The molecule has 0 saturated heterocycles. The minimum Gasteiger partial charge on any atom is -0.334 e. The number of thioether (sulfide) groups is 1. The predicted molar refractivity (Wildman–Crippen MR) is 108 cm³/mol. The number of imide groups is 1. The minimum absolute atomic E-state index is 0.0582. The number of aryl methyl sites for hydroxylation is 2. The Balaban J connectivity index is 1.54. The van der Waals surface area contributed by atoms with Gasteiger partial charge in [0.1, 0.15) is 5.82 Å². The topological polar surface area (TPSA) is 88.9 Å². The highest BCUT2D eigenvalue weighted by molar-refractivity contribution is 7.99. The van der Waals surface area contributed by atoms with Gasteiger partial charge in [0.15, 0.2) is 5.16 Å². The van der Waals surface area contributed by atoms with E-state index in [9.17, 15) is 9.59 Å². The molecule has 0 bridgehead atoms. The number of benzene rings is 2. The fourth-order valence-corrected chi connectivity index (χ4v) is 3.41. The van der Waals surface area contributed by atoms with Crippen molar-refractivity contribution in [2.45, 2.75) is 25.5 Å². The number of hydrogen-bond acceptors (Lipinski definition) is 5. The van der Waals surface area contributed by atoms with Gasteiger partial charge < -0.3 is 5.32 Å². The molecular formula is C20H21N5O2S. The van der Waals surface area contributed by atoms with E-state index in [-0.39, 0.29) is 5.75 Å². The number of aromatic nitrogens is 3. The maximum Gasteiger partial charge on any atom is 0.321 e. The van der Waals surface area contributed by atoms with E-state index in [0.29, 0.717) is 11.7 Å². The maximum atomic E-state index is 12.1. The van der Waals surface area contributed by atoms with Crippen LogP contribution in [0.5, 0.6) is 0 Å². The van der Waals surface area contributed by atoms with E-state index in [1.807, 2.05) is 73.0 Å². The third-order valence-corrected chi connectivity index (χ3v) is 4.87. The molecule has 28 heavy (non-hydrogen) atoms. The molecule has 3 aromatic rings. The van der Waals surface area contributed by atoms with E-state index in [2.05, 4.69) is 20.8 Å². The zero-order valence-electron chi connectivity index (χ0n) is 15.7. The van der Waals surface area contributed by atoms with Crippen LogP contribution in [0.15, 0.2) is 59.8 Å². The second-order valence-electron chi connectivity index (χ2n) is 6.21. The molecule has 0 fully saturated rings. The lowest BCUT2D eigenvalue weighted by molar-refractivity contribution is -0.117. The van der Waals surface area contributed by atoms with Gasteiger partial charge in [-0.05, 0) is 37.1 Å². The molecule has 3 rings (SSSR count). The summed E-state index contributed by atoms with van der Waals surface area (Å²) in [5.41, 5.74) is 3.02. The standard InChI is InChI=1S/C20H21N5O2S/c1-14-7-6-10-17(11-14)25-15(2)23-24-20(25)28-13-18(26)22-19(27)21-12-16-8-4-3-5-9-16/h3-11H,12-13H2,1-2H3,(H2,21,22,26,27). The van der Waals surface area contributed by atoms with Crippen molar-refractivity contribution < 1.29 is 9.59 Å². The van der Waals surface area contributed by atoms with Crippen LogP contribution in [0.2, 0.25) is 0 Å². The summed E-state index contributed by atoms with van der Waals surface area (Å²) < 4.78 is 1.89. The van der Waals surface area contributed by atoms with Crippen molar-refractivity contribution in [3.05, 3.63) is 71.5 Å². The van der Waals surface area contributed by atoms with Crippen LogP contribution in [-0.4, -0.2) is 32.5 Å². The lowest BCUT2D eigenvalue weighted by Gasteiger charge is -2.09. The van der Waals surface area contributed by atoms with Crippen LogP contribution in [0.3, 0.4) is 0 Å². The second kappa shape index (κ2) is 9.18. The quantitative estimate of drug-likeness (QED) is 0.627. The van der Waals surface area contributed by atoms with Crippen molar-refractivity contribution in [3.63, 3.8) is 0 Å². The molecule has 0 radical (unpaired) electrons. The van der Waals surface area contributed by atoms with Crippen molar-refractivity contribution in [1.29, 1.82) is 0 Å². The Morgan fingerprint density at radius 1 is 1.04 bits per heavy atom. The Morgan fingerprint density at radius 2 is 1.82 bits per heavy atom. The van der Waals surface area contributed by atoms with Gasteiger partial charge in [-0.1, -0.05) is 54.2 Å². The molecule has 7 nitrogen and oxygen atoms in total. The molecule has 1 aromatic heterocycles. The smallest absolute Gasteiger partial charge is 0.321 e. The first-order valence-electron chi connectivity index (χ1n) is 8.76. The molecule has 1 heterocycles. The van der Waals surface area contributed by atoms with E-state index < -0.39 is 11.9 Å². The molecule has 0 aliphatic rings. The highest BCUT2D eigenvalue weighted by atomic mass is 32.2. The third-order valence-electron chi connectivity index (χ3n) is 3.94. The number of nitrogens with zero attached hydrogens (tertiary/aromatic N) is 3. The van der Waals surface area contributed by atoms with Crippen molar-refractivity contribution in [1.82, 2.24) is 25.4 Å². The van der Waals surface area contributed by atoms with E-state index in [1.165, 1.54) is 11.8 Å². The largest absolute Gasteiger partial charge is 0.334 e. The Bertz CT molecular complexity index is 972. The minimum atomic E-state index is -0.522. The van der Waals surface area contributed by atoms with Crippen molar-refractivity contribution in [2.75, 3.05) is 5.75 Å². The molecular weight excluding hydrogens is 374 g/mol. The summed E-state index contributed by atoms with van der Waals surface area (Å²) in [5, 5.41) is 13.8. The molecule has 0 atom stereocenters. The lowest BCUT2D eigenvalue weighted by Crippen LogP contribution is -2.40. The number of rotatable bonds is 6. The summed E-state index contributed by atoms with van der Waals surface area (Å²) >= 11 is 1.23. The van der Waals surface area contributed by atoms with Crippen LogP contribution >= 0.6 is 11.8 Å². The SMILES string of the molecule is Cc1cccc(-n2c(C)nnc2SCC(=O)NC(=O)NCc2ccccc2)c1. The van der Waals surface area contributed by atoms with Gasteiger partial charge in [-0.3, -0.25) is 14.7 Å². The predicted octanol–water partition coefficient (Wildman–Crippen LogP) is 3.00. The van der Waals surface area contributed by atoms with Gasteiger partial charge in [0.05, 0.1) is 5.75 Å². The molecule has 0 unspecified atom stereocenters. The van der Waals surface area contributed by atoms with Crippen LogP contribution in [0.25, 0.3) is 5.69 Å². The molecule has 0 saturated carbocycles. The van der Waals surface area contributed by atoms with Crippen molar-refractivity contribution in [3.8, 4) is 5.69 Å². The highest BCUT2D eigenvalue weighted by Gasteiger charge is 2.14. The van der Waals surface area contributed by atoms with Crippen LogP contribution < -0.4 is 10.6 Å². The summed E-state index contributed by atoms with van der Waals surface area (Å²) in [7, 11) is 0. The lowest BCUT2D eigenvalue weighted by atomic mass is 10.2. The zero-order valence-corrected chi connectivity index (χ0v) is 16.5. The average molecular weight is 395 g/mol. The van der Waals surface area contributed by atoms with Gasteiger partial charge >= 0.3 is 6.03 Å².